The van der Waals surface area contributed by atoms with Crippen molar-refractivity contribution in [2.24, 2.45) is 0 Å². The van der Waals surface area contributed by atoms with E-state index in [1.165, 1.54) is 5.56 Å². The molecule has 0 spiro atoms. The first-order chi connectivity index (χ1) is 13.8. The third kappa shape index (κ3) is 5.26. The molecule has 1 aliphatic heterocycles. The molecule has 4 rings (SSSR count). The molecule has 0 bridgehead atoms. The van der Waals surface area contributed by atoms with Gasteiger partial charge in [-0.2, -0.15) is 0 Å². The zero-order chi connectivity index (χ0) is 19.2. The summed E-state index contributed by atoms with van der Waals surface area (Å²) in [6.45, 7) is 4.33. The number of carbonyl (C=O) groups is 1. The lowest BCUT2D eigenvalue weighted by Crippen LogP contribution is -2.49. The molecule has 0 aromatic heterocycles. The third-order valence-corrected chi connectivity index (χ3v) is 5.45. The van der Waals surface area contributed by atoms with E-state index in [-0.39, 0.29) is 24.2 Å². The predicted molar refractivity (Wildman–Crippen MR) is 120 cm³/mol. The zero-order valence-corrected chi connectivity index (χ0v) is 17.3. The van der Waals surface area contributed by atoms with Crippen LogP contribution in [0.2, 0.25) is 0 Å². The van der Waals surface area contributed by atoms with Crippen molar-refractivity contribution in [1.82, 2.24) is 9.80 Å². The lowest BCUT2D eigenvalue weighted by molar-refractivity contribution is -0.133. The van der Waals surface area contributed by atoms with Crippen LogP contribution in [0.15, 0.2) is 91.0 Å². The summed E-state index contributed by atoms with van der Waals surface area (Å²) in [6, 6.07) is 30.8. The van der Waals surface area contributed by atoms with Gasteiger partial charge in [0.1, 0.15) is 0 Å². The molecule has 1 saturated heterocycles. The molecule has 3 nitrogen and oxygen atoms in total. The van der Waals surface area contributed by atoms with E-state index in [0.717, 1.165) is 43.9 Å². The van der Waals surface area contributed by atoms with Crippen molar-refractivity contribution in [3.63, 3.8) is 0 Å². The van der Waals surface area contributed by atoms with Crippen LogP contribution in [0, 0.1) is 0 Å². The summed E-state index contributed by atoms with van der Waals surface area (Å²) in [4.78, 5) is 17.9. The van der Waals surface area contributed by atoms with Gasteiger partial charge in [-0.3, -0.25) is 9.69 Å². The van der Waals surface area contributed by atoms with Gasteiger partial charge in [0.05, 0.1) is 5.92 Å². The van der Waals surface area contributed by atoms with Crippen molar-refractivity contribution in [3.8, 4) is 0 Å². The summed E-state index contributed by atoms with van der Waals surface area (Å²) < 4.78 is 0. The van der Waals surface area contributed by atoms with Gasteiger partial charge in [-0.15, -0.1) is 12.4 Å². The maximum absolute atomic E-state index is 13.5. The van der Waals surface area contributed by atoms with Crippen molar-refractivity contribution in [1.29, 1.82) is 0 Å². The van der Waals surface area contributed by atoms with Gasteiger partial charge in [0.2, 0.25) is 5.91 Å². The molecule has 1 fully saturated rings. The number of amides is 1. The van der Waals surface area contributed by atoms with Gasteiger partial charge in [-0.1, -0.05) is 91.0 Å². The number of hydrogen-bond donors (Lipinski definition) is 0. The molecule has 1 aliphatic rings. The molecule has 3 aromatic carbocycles. The second-order valence-corrected chi connectivity index (χ2v) is 7.34. The van der Waals surface area contributed by atoms with Crippen molar-refractivity contribution in [3.05, 3.63) is 108 Å². The summed E-state index contributed by atoms with van der Waals surface area (Å²) in [5, 5.41) is 0. The zero-order valence-electron chi connectivity index (χ0n) is 16.5. The first kappa shape index (κ1) is 21.1. The fraction of sp³-hybridized carbons (Fsp3) is 0.240. The average molecular weight is 407 g/mol. The number of halogens is 1. The molecule has 1 heterocycles. The van der Waals surface area contributed by atoms with E-state index >= 15 is 0 Å². The van der Waals surface area contributed by atoms with Crippen LogP contribution in [0.25, 0.3) is 0 Å². The number of benzene rings is 3. The average Bonchev–Trinajstić information content (AvgIpc) is 2.77. The van der Waals surface area contributed by atoms with Crippen LogP contribution in [0.5, 0.6) is 0 Å². The first-order valence-electron chi connectivity index (χ1n) is 9.96. The normalized spacial score (nSPS) is 14.4. The summed E-state index contributed by atoms with van der Waals surface area (Å²) in [5.74, 6) is -0.0279. The van der Waals surface area contributed by atoms with Crippen LogP contribution in [0.4, 0.5) is 0 Å². The quantitative estimate of drug-likeness (QED) is 0.619. The molecule has 0 atom stereocenters. The largest absolute Gasteiger partial charge is 0.339 e. The SMILES string of the molecule is Cl.O=C(C(c1ccccc1)c1ccccc1)N1CCN(Cc2ccccc2)CC1. The Morgan fingerprint density at radius 1 is 0.690 bits per heavy atom. The number of rotatable bonds is 5. The maximum atomic E-state index is 13.5. The molecular weight excluding hydrogens is 380 g/mol. The van der Waals surface area contributed by atoms with Crippen molar-refractivity contribution in [2.45, 2.75) is 12.5 Å². The Hall–Kier alpha value is -2.62. The van der Waals surface area contributed by atoms with Gasteiger partial charge in [0.15, 0.2) is 0 Å². The molecule has 29 heavy (non-hydrogen) atoms. The molecular formula is C25H27ClN2O. The Kier molecular flexibility index (Phi) is 7.45. The topological polar surface area (TPSA) is 23.6 Å². The predicted octanol–water partition coefficient (Wildman–Crippen LogP) is 4.58. The number of hydrogen-bond acceptors (Lipinski definition) is 2. The molecule has 0 saturated carbocycles. The van der Waals surface area contributed by atoms with Crippen LogP contribution in [-0.4, -0.2) is 41.9 Å². The van der Waals surface area contributed by atoms with Gasteiger partial charge in [0.25, 0.3) is 0 Å². The highest BCUT2D eigenvalue weighted by molar-refractivity contribution is 5.87. The molecule has 0 radical (unpaired) electrons. The molecule has 3 aromatic rings. The summed E-state index contributed by atoms with van der Waals surface area (Å²) in [6.07, 6.45) is 0. The van der Waals surface area contributed by atoms with Crippen molar-refractivity contribution in [2.75, 3.05) is 26.2 Å². The molecule has 0 N–H and O–H groups in total. The fourth-order valence-corrected chi connectivity index (χ4v) is 3.92. The smallest absolute Gasteiger partial charge is 0.234 e. The van der Waals surface area contributed by atoms with E-state index in [0.29, 0.717) is 0 Å². The molecule has 4 heteroatoms. The van der Waals surface area contributed by atoms with Crippen molar-refractivity contribution >= 4 is 18.3 Å². The van der Waals surface area contributed by atoms with Crippen LogP contribution in [0.1, 0.15) is 22.6 Å². The van der Waals surface area contributed by atoms with Gasteiger partial charge >= 0.3 is 0 Å². The molecule has 0 unspecified atom stereocenters. The fourth-order valence-electron chi connectivity index (χ4n) is 3.92. The Bertz CT molecular complexity index is 839. The Morgan fingerprint density at radius 3 is 1.62 bits per heavy atom. The first-order valence-corrected chi connectivity index (χ1v) is 9.96. The second-order valence-electron chi connectivity index (χ2n) is 7.34. The highest BCUT2D eigenvalue weighted by Gasteiger charge is 2.29. The lowest BCUT2D eigenvalue weighted by atomic mass is 9.90. The summed E-state index contributed by atoms with van der Waals surface area (Å²) in [5.41, 5.74) is 3.45. The highest BCUT2D eigenvalue weighted by atomic mass is 35.5. The van der Waals surface area contributed by atoms with Crippen LogP contribution < -0.4 is 0 Å². The highest BCUT2D eigenvalue weighted by Crippen LogP contribution is 2.27. The van der Waals surface area contributed by atoms with Gasteiger partial charge in [-0.05, 0) is 16.7 Å². The van der Waals surface area contributed by atoms with E-state index in [1.54, 1.807) is 0 Å². The van der Waals surface area contributed by atoms with E-state index in [9.17, 15) is 4.79 Å². The molecule has 0 aliphatic carbocycles. The number of nitrogens with zero attached hydrogens (tertiary/aromatic N) is 2. The minimum atomic E-state index is -0.233. The standard InChI is InChI=1S/C25H26N2O.ClH/c28-25(24(22-12-6-2-7-13-22)23-14-8-3-9-15-23)27-18-16-26(17-19-27)20-21-10-4-1-5-11-21;/h1-15,24H,16-20H2;1H. The van der Waals surface area contributed by atoms with Gasteiger partial charge in [0, 0.05) is 32.7 Å². The van der Waals surface area contributed by atoms with E-state index in [1.807, 2.05) is 47.4 Å². The Morgan fingerprint density at radius 2 is 1.14 bits per heavy atom. The minimum Gasteiger partial charge on any atom is -0.339 e. The van der Waals surface area contributed by atoms with Crippen LogP contribution in [0.3, 0.4) is 0 Å². The Balaban J connectivity index is 0.00000240. The van der Waals surface area contributed by atoms with Gasteiger partial charge in [-0.25, -0.2) is 0 Å². The lowest BCUT2D eigenvalue weighted by Gasteiger charge is -2.36. The third-order valence-electron chi connectivity index (χ3n) is 5.45. The van der Waals surface area contributed by atoms with E-state index in [4.69, 9.17) is 0 Å². The number of piperazine rings is 1. The number of carbonyl (C=O) groups excluding carboxylic acids is 1. The monoisotopic (exact) mass is 406 g/mol. The summed E-state index contributed by atoms with van der Waals surface area (Å²) >= 11 is 0. The van der Waals surface area contributed by atoms with Crippen LogP contribution >= 0.6 is 12.4 Å². The van der Waals surface area contributed by atoms with Gasteiger partial charge < -0.3 is 4.90 Å². The van der Waals surface area contributed by atoms with E-state index < -0.39 is 0 Å². The van der Waals surface area contributed by atoms with E-state index in [2.05, 4.69) is 53.4 Å². The van der Waals surface area contributed by atoms with Crippen molar-refractivity contribution < 1.29 is 4.79 Å². The minimum absolute atomic E-state index is 0. The van der Waals surface area contributed by atoms with Crippen LogP contribution in [-0.2, 0) is 11.3 Å². The summed E-state index contributed by atoms with van der Waals surface area (Å²) in [7, 11) is 0. The molecule has 1 amide bonds. The molecule has 150 valence electrons. The second kappa shape index (κ2) is 10.2. The Labute approximate surface area is 179 Å². The maximum Gasteiger partial charge on any atom is 0.234 e.